The first kappa shape index (κ1) is 19.2. The van der Waals surface area contributed by atoms with Crippen molar-refractivity contribution in [2.75, 3.05) is 0 Å². The first-order valence-electron chi connectivity index (χ1n) is 9.96. The van der Waals surface area contributed by atoms with Gasteiger partial charge in [0.25, 0.3) is 10.0 Å². The average molecular weight is 436 g/mol. The van der Waals surface area contributed by atoms with Gasteiger partial charge in [-0.15, -0.1) is 11.3 Å². The van der Waals surface area contributed by atoms with Gasteiger partial charge in [-0.1, -0.05) is 30.4 Å². The Labute approximate surface area is 179 Å². The Bertz CT molecular complexity index is 1350. The maximum absolute atomic E-state index is 13.8. The summed E-state index contributed by atoms with van der Waals surface area (Å²) in [6, 6.07) is 12.4. The van der Waals surface area contributed by atoms with Crippen LogP contribution in [0.3, 0.4) is 0 Å². The summed E-state index contributed by atoms with van der Waals surface area (Å²) in [5.74, 6) is -0.0107. The molecule has 1 aromatic carbocycles. The van der Waals surface area contributed by atoms with Gasteiger partial charge in [-0.05, 0) is 50.5 Å². The van der Waals surface area contributed by atoms with Crippen LogP contribution in [-0.4, -0.2) is 22.4 Å². The highest BCUT2D eigenvalue weighted by atomic mass is 32.2. The van der Waals surface area contributed by atoms with Gasteiger partial charge in [-0.3, -0.25) is 0 Å². The van der Waals surface area contributed by atoms with E-state index in [1.807, 2.05) is 30.5 Å². The van der Waals surface area contributed by atoms with Crippen LogP contribution in [0.15, 0.2) is 71.1 Å². The highest BCUT2D eigenvalue weighted by molar-refractivity contribution is 7.90. The lowest BCUT2D eigenvalue weighted by atomic mass is 9.90. The zero-order chi connectivity index (χ0) is 20.7. The first-order valence-corrected chi connectivity index (χ1v) is 12.3. The molecule has 0 aliphatic heterocycles. The van der Waals surface area contributed by atoms with E-state index in [9.17, 15) is 8.42 Å². The molecule has 5 rings (SSSR count). The van der Waals surface area contributed by atoms with E-state index in [2.05, 4.69) is 17.1 Å². The minimum absolute atomic E-state index is 0.0107. The number of aromatic nitrogens is 3. The van der Waals surface area contributed by atoms with E-state index in [-0.39, 0.29) is 10.8 Å². The molecule has 0 bridgehead atoms. The molecular weight excluding hydrogens is 414 g/mol. The standard InChI is InChI=1S/C23H21N3O2S2/c1-16-25-20(15-29-16)21-19-13-8-14-24-23(19)26(22(21)17-9-4-2-5-10-17)30(27,28)18-11-6-3-7-12-18/h3-4,6-9,11-15,17H,2,5,10H2,1H3. The molecule has 0 saturated heterocycles. The third kappa shape index (κ3) is 3.09. The second kappa shape index (κ2) is 7.49. The molecule has 0 saturated carbocycles. The largest absolute Gasteiger partial charge is 0.269 e. The van der Waals surface area contributed by atoms with Gasteiger partial charge in [0.15, 0.2) is 5.65 Å². The van der Waals surface area contributed by atoms with Gasteiger partial charge < -0.3 is 0 Å². The molecule has 3 aromatic heterocycles. The number of pyridine rings is 1. The number of rotatable bonds is 4. The second-order valence-corrected chi connectivity index (χ2v) is 10.3. The smallest absolute Gasteiger partial charge is 0.241 e. The van der Waals surface area contributed by atoms with Gasteiger partial charge in [0.2, 0.25) is 0 Å². The van der Waals surface area contributed by atoms with Crippen molar-refractivity contribution in [2.45, 2.75) is 37.0 Å². The fourth-order valence-corrected chi connectivity index (χ4v) is 6.35. The van der Waals surface area contributed by atoms with Crippen molar-refractivity contribution < 1.29 is 8.42 Å². The Balaban J connectivity index is 1.91. The highest BCUT2D eigenvalue weighted by Crippen LogP contribution is 2.43. The number of allylic oxidation sites excluding steroid dienone is 2. The number of thiazole rings is 1. The van der Waals surface area contributed by atoms with Gasteiger partial charge in [0, 0.05) is 28.4 Å². The zero-order valence-corrected chi connectivity index (χ0v) is 18.2. The first-order chi connectivity index (χ1) is 14.6. The van der Waals surface area contributed by atoms with Crippen LogP contribution in [0.1, 0.15) is 35.9 Å². The van der Waals surface area contributed by atoms with Gasteiger partial charge in [0.05, 0.1) is 21.3 Å². The molecule has 0 amide bonds. The molecule has 4 aromatic rings. The summed E-state index contributed by atoms with van der Waals surface area (Å²) in [7, 11) is -3.83. The SMILES string of the molecule is Cc1nc(-c2c(C3C=CCCC3)n(S(=O)(=O)c3ccccc3)c3ncccc23)cs1. The monoisotopic (exact) mass is 435 g/mol. The molecule has 3 heterocycles. The summed E-state index contributed by atoms with van der Waals surface area (Å²) in [4.78, 5) is 9.49. The molecule has 152 valence electrons. The van der Waals surface area contributed by atoms with Crippen molar-refractivity contribution in [1.29, 1.82) is 0 Å². The lowest BCUT2D eigenvalue weighted by Gasteiger charge is -2.21. The van der Waals surface area contributed by atoms with Crippen LogP contribution in [0.25, 0.3) is 22.3 Å². The molecule has 5 nitrogen and oxygen atoms in total. The summed E-state index contributed by atoms with van der Waals surface area (Å²) < 4.78 is 29.1. The maximum atomic E-state index is 13.8. The Kier molecular flexibility index (Phi) is 4.79. The fraction of sp³-hybridized carbons (Fsp3) is 0.217. The summed E-state index contributed by atoms with van der Waals surface area (Å²) in [5.41, 5.74) is 2.90. The van der Waals surface area contributed by atoms with Crippen LogP contribution in [-0.2, 0) is 10.0 Å². The second-order valence-electron chi connectivity index (χ2n) is 7.43. The molecular formula is C23H21N3O2S2. The molecule has 7 heteroatoms. The molecule has 0 fully saturated rings. The summed E-state index contributed by atoms with van der Waals surface area (Å²) in [6.07, 6.45) is 8.87. The number of nitrogens with zero attached hydrogens (tertiary/aromatic N) is 3. The quantitative estimate of drug-likeness (QED) is 0.395. The molecule has 30 heavy (non-hydrogen) atoms. The zero-order valence-electron chi connectivity index (χ0n) is 16.5. The van der Waals surface area contributed by atoms with E-state index in [1.165, 1.54) is 3.97 Å². The van der Waals surface area contributed by atoms with Crippen LogP contribution < -0.4 is 0 Å². The van der Waals surface area contributed by atoms with Crippen molar-refractivity contribution in [3.05, 3.63) is 76.9 Å². The summed E-state index contributed by atoms with van der Waals surface area (Å²) in [5, 5.41) is 3.77. The Morgan fingerprint density at radius 1 is 1.13 bits per heavy atom. The number of fused-ring (bicyclic) bond motifs is 1. The molecule has 0 radical (unpaired) electrons. The van der Waals surface area contributed by atoms with Crippen LogP contribution in [0, 0.1) is 6.92 Å². The lowest BCUT2D eigenvalue weighted by molar-refractivity contribution is 0.579. The van der Waals surface area contributed by atoms with Crippen molar-refractivity contribution in [3.63, 3.8) is 0 Å². The molecule has 1 atom stereocenters. The predicted octanol–water partition coefficient (Wildman–Crippen LogP) is 5.53. The molecule has 1 aliphatic rings. The summed E-state index contributed by atoms with van der Waals surface area (Å²) >= 11 is 1.57. The van der Waals surface area contributed by atoms with Crippen LogP contribution >= 0.6 is 11.3 Å². The number of hydrogen-bond acceptors (Lipinski definition) is 5. The van der Waals surface area contributed by atoms with Gasteiger partial charge >= 0.3 is 0 Å². The van der Waals surface area contributed by atoms with Crippen molar-refractivity contribution in [1.82, 2.24) is 13.9 Å². The Morgan fingerprint density at radius 3 is 2.67 bits per heavy atom. The number of aryl methyl sites for hydroxylation is 1. The van der Waals surface area contributed by atoms with E-state index in [1.54, 1.807) is 41.8 Å². The average Bonchev–Trinajstić information content (AvgIpc) is 3.36. The highest BCUT2D eigenvalue weighted by Gasteiger charge is 2.32. The van der Waals surface area contributed by atoms with Crippen LogP contribution in [0.5, 0.6) is 0 Å². The molecule has 0 spiro atoms. The third-order valence-electron chi connectivity index (χ3n) is 5.49. The lowest BCUT2D eigenvalue weighted by Crippen LogP contribution is -2.18. The summed E-state index contributed by atoms with van der Waals surface area (Å²) in [6.45, 7) is 1.96. The Hall–Kier alpha value is -2.77. The molecule has 1 unspecified atom stereocenters. The van der Waals surface area contributed by atoms with E-state index in [0.717, 1.165) is 46.6 Å². The Morgan fingerprint density at radius 2 is 1.97 bits per heavy atom. The minimum Gasteiger partial charge on any atom is -0.241 e. The van der Waals surface area contributed by atoms with E-state index in [4.69, 9.17) is 4.98 Å². The van der Waals surface area contributed by atoms with Crippen molar-refractivity contribution >= 4 is 32.4 Å². The topological polar surface area (TPSA) is 64.8 Å². The van der Waals surface area contributed by atoms with Crippen LogP contribution in [0.4, 0.5) is 0 Å². The van der Waals surface area contributed by atoms with Crippen molar-refractivity contribution in [3.8, 4) is 11.3 Å². The van der Waals surface area contributed by atoms with Crippen LogP contribution in [0.2, 0.25) is 0 Å². The fourth-order valence-electron chi connectivity index (χ4n) is 4.17. The molecule has 1 aliphatic carbocycles. The maximum Gasteiger partial charge on any atom is 0.269 e. The van der Waals surface area contributed by atoms with Gasteiger partial charge in [0.1, 0.15) is 0 Å². The third-order valence-corrected chi connectivity index (χ3v) is 7.98. The molecule has 0 N–H and O–H groups in total. The number of benzene rings is 1. The van der Waals surface area contributed by atoms with Gasteiger partial charge in [-0.2, -0.15) is 0 Å². The van der Waals surface area contributed by atoms with Crippen molar-refractivity contribution in [2.24, 2.45) is 0 Å². The predicted molar refractivity (Wildman–Crippen MR) is 120 cm³/mol. The van der Waals surface area contributed by atoms with E-state index < -0.39 is 10.0 Å². The number of hydrogen-bond donors (Lipinski definition) is 0. The minimum atomic E-state index is -3.83. The van der Waals surface area contributed by atoms with Gasteiger partial charge in [-0.25, -0.2) is 22.4 Å². The normalized spacial score (nSPS) is 16.9. The van der Waals surface area contributed by atoms with E-state index in [0.29, 0.717) is 5.65 Å². The van der Waals surface area contributed by atoms with E-state index >= 15 is 0 Å².